The Kier molecular flexibility index (Phi) is 6.70. The molecule has 1 saturated carbocycles. The standard InChI is InChI=1S/C28H33N3O2S/c1-21-8-10-23(11-9-21)33-17-16-30(2)27(32)24-18-28(24)12-14-31(15-13-28)19-26-29-25(20-34-26)22-6-4-3-5-7-22/h3-11,20,24H,12-19H2,1-2H3/t24-/m1/s1. The average molecular weight is 476 g/mol. The fourth-order valence-electron chi connectivity index (χ4n) is 5.03. The van der Waals surface area contributed by atoms with Crippen molar-refractivity contribution in [1.29, 1.82) is 0 Å². The maximum atomic E-state index is 13.0. The second kappa shape index (κ2) is 9.88. The molecule has 0 N–H and O–H groups in total. The molecule has 0 radical (unpaired) electrons. The summed E-state index contributed by atoms with van der Waals surface area (Å²) >= 11 is 1.74. The number of amides is 1. The van der Waals surface area contributed by atoms with Crippen molar-refractivity contribution in [2.75, 3.05) is 33.3 Å². The van der Waals surface area contributed by atoms with Gasteiger partial charge in [0.05, 0.1) is 18.8 Å². The van der Waals surface area contributed by atoms with Gasteiger partial charge in [0.1, 0.15) is 17.4 Å². The van der Waals surface area contributed by atoms with Crippen LogP contribution < -0.4 is 4.74 Å². The fourth-order valence-corrected chi connectivity index (χ4v) is 5.88. The first kappa shape index (κ1) is 23.1. The molecule has 0 unspecified atom stereocenters. The molecule has 1 spiro atoms. The summed E-state index contributed by atoms with van der Waals surface area (Å²) in [5.41, 5.74) is 3.68. The predicted octanol–water partition coefficient (Wildman–Crippen LogP) is 5.26. The highest BCUT2D eigenvalue weighted by Gasteiger charge is 2.58. The van der Waals surface area contributed by atoms with Crippen molar-refractivity contribution in [3.8, 4) is 17.0 Å². The van der Waals surface area contributed by atoms with Crippen LogP contribution in [0.5, 0.6) is 5.75 Å². The monoisotopic (exact) mass is 475 g/mol. The lowest BCUT2D eigenvalue weighted by molar-refractivity contribution is -0.132. The number of thiazole rings is 1. The van der Waals surface area contributed by atoms with E-state index < -0.39 is 0 Å². The third-order valence-electron chi connectivity index (χ3n) is 7.41. The number of piperidine rings is 1. The first-order valence-electron chi connectivity index (χ1n) is 12.2. The molecule has 1 amide bonds. The average Bonchev–Trinajstić information content (AvgIpc) is 3.35. The van der Waals surface area contributed by atoms with Gasteiger partial charge < -0.3 is 9.64 Å². The van der Waals surface area contributed by atoms with Gasteiger partial charge in [-0.2, -0.15) is 0 Å². The third-order valence-corrected chi connectivity index (χ3v) is 8.25. The molecule has 1 aliphatic heterocycles. The van der Waals surface area contributed by atoms with Crippen LogP contribution in [-0.4, -0.2) is 54.0 Å². The van der Waals surface area contributed by atoms with Gasteiger partial charge in [-0.3, -0.25) is 9.69 Å². The van der Waals surface area contributed by atoms with Crippen molar-refractivity contribution in [2.45, 2.75) is 32.7 Å². The lowest BCUT2D eigenvalue weighted by atomic mass is 9.90. The van der Waals surface area contributed by atoms with Crippen LogP contribution in [0.25, 0.3) is 11.3 Å². The topological polar surface area (TPSA) is 45.7 Å². The summed E-state index contributed by atoms with van der Waals surface area (Å²) in [4.78, 5) is 22.2. The van der Waals surface area contributed by atoms with E-state index in [4.69, 9.17) is 9.72 Å². The summed E-state index contributed by atoms with van der Waals surface area (Å²) in [7, 11) is 1.91. The molecule has 2 aromatic carbocycles. The van der Waals surface area contributed by atoms with Crippen molar-refractivity contribution in [3.05, 3.63) is 70.5 Å². The largest absolute Gasteiger partial charge is 0.492 e. The summed E-state index contributed by atoms with van der Waals surface area (Å²) in [5.74, 6) is 1.33. The van der Waals surface area contributed by atoms with E-state index in [0.29, 0.717) is 13.2 Å². The smallest absolute Gasteiger partial charge is 0.226 e. The molecule has 1 atom stereocenters. The molecule has 1 aliphatic carbocycles. The maximum Gasteiger partial charge on any atom is 0.226 e. The van der Waals surface area contributed by atoms with Crippen molar-refractivity contribution >= 4 is 17.2 Å². The van der Waals surface area contributed by atoms with E-state index in [1.165, 1.54) is 16.1 Å². The summed E-state index contributed by atoms with van der Waals surface area (Å²) in [6.07, 6.45) is 3.25. The highest BCUT2D eigenvalue weighted by Crippen LogP contribution is 2.60. The van der Waals surface area contributed by atoms with Gasteiger partial charge in [0.25, 0.3) is 0 Å². The second-order valence-electron chi connectivity index (χ2n) is 9.81. The van der Waals surface area contributed by atoms with Crippen LogP contribution in [0.2, 0.25) is 0 Å². The molecule has 3 aromatic rings. The Morgan fingerprint density at radius 3 is 2.62 bits per heavy atom. The number of hydrogen-bond donors (Lipinski definition) is 0. The van der Waals surface area contributed by atoms with Crippen molar-refractivity contribution in [2.24, 2.45) is 11.3 Å². The Balaban J connectivity index is 1.06. The number of carbonyl (C=O) groups is 1. The zero-order valence-corrected chi connectivity index (χ0v) is 20.9. The number of likely N-dealkylation sites (N-methyl/N-ethyl adjacent to an activating group) is 1. The van der Waals surface area contributed by atoms with E-state index in [1.54, 1.807) is 11.3 Å². The molecule has 1 aromatic heterocycles. The summed E-state index contributed by atoms with van der Waals surface area (Å²) < 4.78 is 5.81. The normalized spacial score (nSPS) is 19.2. The van der Waals surface area contributed by atoms with Crippen molar-refractivity contribution < 1.29 is 9.53 Å². The van der Waals surface area contributed by atoms with Crippen LogP contribution in [0.3, 0.4) is 0 Å². The van der Waals surface area contributed by atoms with Gasteiger partial charge in [-0.05, 0) is 56.8 Å². The molecule has 1 saturated heterocycles. The number of benzene rings is 2. The minimum atomic E-state index is 0.184. The first-order chi connectivity index (χ1) is 16.5. The molecular weight excluding hydrogens is 442 g/mol. The zero-order chi connectivity index (χ0) is 23.5. The fraction of sp³-hybridized carbons (Fsp3) is 0.429. The van der Waals surface area contributed by atoms with Gasteiger partial charge in [0.15, 0.2) is 0 Å². The zero-order valence-electron chi connectivity index (χ0n) is 20.1. The number of aryl methyl sites for hydroxylation is 1. The highest BCUT2D eigenvalue weighted by atomic mass is 32.1. The Morgan fingerprint density at radius 1 is 1.15 bits per heavy atom. The molecule has 2 heterocycles. The molecule has 6 heteroatoms. The van der Waals surface area contributed by atoms with Crippen molar-refractivity contribution in [1.82, 2.24) is 14.8 Å². The van der Waals surface area contributed by atoms with E-state index >= 15 is 0 Å². The molecule has 5 nitrogen and oxygen atoms in total. The SMILES string of the molecule is Cc1ccc(OCCN(C)C(=O)[C@H]2CC23CCN(Cc2nc(-c4ccccc4)cs2)CC3)cc1. The Hall–Kier alpha value is -2.70. The Labute approximate surface area is 206 Å². The summed E-state index contributed by atoms with van der Waals surface area (Å²) in [6, 6.07) is 18.4. The van der Waals surface area contributed by atoms with Crippen LogP contribution in [0, 0.1) is 18.3 Å². The number of hydrogen-bond acceptors (Lipinski definition) is 5. The molecule has 178 valence electrons. The number of aromatic nitrogens is 1. The molecule has 2 aliphatic rings. The van der Waals surface area contributed by atoms with Crippen molar-refractivity contribution in [3.63, 3.8) is 0 Å². The molecular formula is C28H33N3O2S. The molecule has 34 heavy (non-hydrogen) atoms. The summed E-state index contributed by atoms with van der Waals surface area (Å²) in [5, 5.41) is 3.33. The quantitative estimate of drug-likeness (QED) is 0.446. The van der Waals surface area contributed by atoms with Crippen LogP contribution in [-0.2, 0) is 11.3 Å². The Bertz CT molecular complexity index is 1100. The van der Waals surface area contributed by atoms with E-state index in [-0.39, 0.29) is 17.2 Å². The second-order valence-corrected chi connectivity index (χ2v) is 10.8. The minimum Gasteiger partial charge on any atom is -0.492 e. The van der Waals surface area contributed by atoms with Crippen LogP contribution >= 0.6 is 11.3 Å². The van der Waals surface area contributed by atoms with Gasteiger partial charge in [-0.15, -0.1) is 11.3 Å². The van der Waals surface area contributed by atoms with Gasteiger partial charge in [0, 0.05) is 23.9 Å². The van der Waals surface area contributed by atoms with E-state index in [1.807, 2.05) is 42.3 Å². The molecule has 0 bridgehead atoms. The van der Waals surface area contributed by atoms with Gasteiger partial charge in [-0.1, -0.05) is 48.0 Å². The van der Waals surface area contributed by atoms with Crippen LogP contribution in [0.15, 0.2) is 60.0 Å². The lowest BCUT2D eigenvalue weighted by Gasteiger charge is -2.32. The van der Waals surface area contributed by atoms with E-state index in [9.17, 15) is 4.79 Å². The van der Waals surface area contributed by atoms with Crippen LogP contribution in [0.1, 0.15) is 29.8 Å². The molecule has 2 fully saturated rings. The third kappa shape index (κ3) is 5.18. The number of rotatable bonds is 8. The number of carbonyl (C=O) groups excluding carboxylic acids is 1. The maximum absolute atomic E-state index is 13.0. The predicted molar refractivity (Wildman–Crippen MR) is 137 cm³/mol. The van der Waals surface area contributed by atoms with Gasteiger partial charge in [0.2, 0.25) is 5.91 Å². The highest BCUT2D eigenvalue weighted by molar-refractivity contribution is 7.09. The minimum absolute atomic E-state index is 0.184. The van der Waals surface area contributed by atoms with E-state index in [0.717, 1.165) is 50.3 Å². The first-order valence-corrected chi connectivity index (χ1v) is 13.1. The van der Waals surface area contributed by atoms with E-state index in [2.05, 4.69) is 41.5 Å². The van der Waals surface area contributed by atoms with Crippen LogP contribution in [0.4, 0.5) is 0 Å². The number of ether oxygens (including phenoxy) is 1. The van der Waals surface area contributed by atoms with Gasteiger partial charge >= 0.3 is 0 Å². The number of likely N-dealkylation sites (tertiary alicyclic amines) is 1. The lowest BCUT2D eigenvalue weighted by Crippen LogP contribution is -2.38. The Morgan fingerprint density at radius 2 is 1.88 bits per heavy atom. The summed E-state index contributed by atoms with van der Waals surface area (Å²) in [6.45, 7) is 6.21. The molecule has 5 rings (SSSR count). The van der Waals surface area contributed by atoms with Gasteiger partial charge in [-0.25, -0.2) is 4.98 Å². The number of nitrogens with zero attached hydrogens (tertiary/aromatic N) is 3.